The zero-order chi connectivity index (χ0) is 5.70. The molecule has 0 amide bonds. The predicted octanol–water partition coefficient (Wildman–Crippen LogP) is -0.611. The van der Waals surface area contributed by atoms with Gasteiger partial charge >= 0.3 is 0 Å². The second kappa shape index (κ2) is 3.31. The molecule has 0 aliphatic carbocycles. The van der Waals surface area contributed by atoms with Gasteiger partial charge in [0.05, 0.1) is 11.9 Å². The Hall–Kier alpha value is -0.890. The van der Waals surface area contributed by atoms with Crippen molar-refractivity contribution in [3.8, 4) is 5.40 Å². The summed E-state index contributed by atoms with van der Waals surface area (Å²) in [5.74, 6) is -0.0773. The summed E-state index contributed by atoms with van der Waals surface area (Å²) in [7, 11) is 0. The maximum absolute atomic E-state index is 7.81. The molecular formula is C2H4N4S. The molecule has 4 N–H and O–H groups in total. The van der Waals surface area contributed by atoms with Crippen LogP contribution in [0.4, 0.5) is 0 Å². The quantitative estimate of drug-likeness (QED) is 0.207. The highest BCUT2D eigenvalue weighted by Crippen LogP contribution is 1.93. The van der Waals surface area contributed by atoms with E-state index in [1.807, 2.05) is 0 Å². The van der Waals surface area contributed by atoms with Gasteiger partial charge in [-0.25, -0.2) is 0 Å². The highest BCUT2D eigenvalue weighted by atomic mass is 32.2. The Morgan fingerprint density at radius 3 is 2.43 bits per heavy atom. The van der Waals surface area contributed by atoms with Crippen LogP contribution in [-0.2, 0) is 0 Å². The van der Waals surface area contributed by atoms with E-state index >= 15 is 0 Å². The average molecular weight is 116 g/mol. The summed E-state index contributed by atoms with van der Waals surface area (Å²) >= 11 is 0.660. The van der Waals surface area contributed by atoms with Crippen LogP contribution in [0.1, 0.15) is 0 Å². The summed E-state index contributed by atoms with van der Waals surface area (Å²) in [4.78, 5) is 0. The molecule has 0 aromatic carbocycles. The number of nitrogens with two attached hydrogens (primary N) is 2. The molecule has 38 valence electrons. The molecule has 0 radical (unpaired) electrons. The Morgan fingerprint density at radius 2 is 2.29 bits per heavy atom. The number of thiocyanates is 1. The normalized spacial score (nSPS) is 6.71. The minimum Gasteiger partial charge on any atom is -0.369 e. The van der Waals surface area contributed by atoms with Gasteiger partial charge in [0.1, 0.15) is 0 Å². The molecular weight excluding hydrogens is 112 g/mol. The lowest BCUT2D eigenvalue weighted by Gasteiger charge is -1.79. The topological polar surface area (TPSA) is 88.2 Å². The van der Waals surface area contributed by atoms with Crippen LogP contribution >= 0.6 is 11.9 Å². The molecule has 0 saturated carbocycles. The molecule has 0 unspecified atom stereocenters. The van der Waals surface area contributed by atoms with Gasteiger partial charge in [-0.3, -0.25) is 0 Å². The lowest BCUT2D eigenvalue weighted by molar-refractivity contribution is 1.53. The molecule has 0 spiro atoms. The standard InChI is InChI=1S/C2H4N4S/c3-1-7-6-2(4)5/h(H4,4,5,6). The molecule has 0 fully saturated rings. The van der Waals surface area contributed by atoms with E-state index in [-0.39, 0.29) is 5.96 Å². The lowest BCUT2D eigenvalue weighted by atomic mass is 11.1. The van der Waals surface area contributed by atoms with Crippen LogP contribution in [0.2, 0.25) is 0 Å². The number of hydrogen-bond acceptors (Lipinski definition) is 3. The monoisotopic (exact) mass is 116 g/mol. The fraction of sp³-hybridized carbons (Fsp3) is 0. The number of hydrogen-bond donors (Lipinski definition) is 2. The summed E-state index contributed by atoms with van der Waals surface area (Å²) in [6, 6.07) is 0. The molecule has 0 aromatic heterocycles. The van der Waals surface area contributed by atoms with Gasteiger partial charge in [-0.15, -0.1) is 0 Å². The SMILES string of the molecule is N#CSN=C(N)N. The van der Waals surface area contributed by atoms with E-state index < -0.39 is 0 Å². The first-order valence-corrected chi connectivity index (χ1v) is 2.18. The van der Waals surface area contributed by atoms with Crippen molar-refractivity contribution in [1.82, 2.24) is 0 Å². The number of guanidine groups is 1. The van der Waals surface area contributed by atoms with Crippen molar-refractivity contribution in [2.75, 3.05) is 0 Å². The predicted molar refractivity (Wildman–Crippen MR) is 29.0 cm³/mol. The van der Waals surface area contributed by atoms with Gasteiger partial charge in [0.15, 0.2) is 11.4 Å². The molecule has 0 heterocycles. The first kappa shape index (κ1) is 6.11. The molecule has 0 aliphatic rings. The van der Waals surface area contributed by atoms with E-state index in [0.29, 0.717) is 11.9 Å². The van der Waals surface area contributed by atoms with Crippen molar-refractivity contribution < 1.29 is 0 Å². The minimum absolute atomic E-state index is 0.0773. The maximum atomic E-state index is 7.81. The van der Waals surface area contributed by atoms with Crippen LogP contribution in [0, 0.1) is 10.7 Å². The van der Waals surface area contributed by atoms with Crippen molar-refractivity contribution in [2.24, 2.45) is 15.9 Å². The summed E-state index contributed by atoms with van der Waals surface area (Å²) in [6.07, 6.45) is 0. The fourth-order valence-corrected chi connectivity index (χ4v) is 0.219. The maximum Gasteiger partial charge on any atom is 0.198 e. The first-order valence-electron chi connectivity index (χ1n) is 1.41. The van der Waals surface area contributed by atoms with Gasteiger partial charge < -0.3 is 11.5 Å². The highest BCUT2D eigenvalue weighted by molar-refractivity contribution is 8.02. The fourth-order valence-electron chi connectivity index (χ4n) is 0.0731. The molecule has 5 heteroatoms. The summed E-state index contributed by atoms with van der Waals surface area (Å²) in [5.41, 5.74) is 9.67. The van der Waals surface area contributed by atoms with Crippen LogP contribution in [0.3, 0.4) is 0 Å². The van der Waals surface area contributed by atoms with E-state index in [2.05, 4.69) is 4.40 Å². The Kier molecular flexibility index (Phi) is 2.89. The minimum atomic E-state index is -0.0773. The van der Waals surface area contributed by atoms with E-state index in [4.69, 9.17) is 16.7 Å². The van der Waals surface area contributed by atoms with Crippen LogP contribution in [0.5, 0.6) is 0 Å². The number of rotatable bonds is 1. The van der Waals surface area contributed by atoms with Gasteiger partial charge in [0.25, 0.3) is 0 Å². The largest absolute Gasteiger partial charge is 0.369 e. The van der Waals surface area contributed by atoms with Crippen molar-refractivity contribution in [2.45, 2.75) is 0 Å². The zero-order valence-electron chi connectivity index (χ0n) is 3.46. The number of nitrogens with zero attached hydrogens (tertiary/aromatic N) is 2. The van der Waals surface area contributed by atoms with Crippen molar-refractivity contribution in [3.05, 3.63) is 0 Å². The Balaban J connectivity index is 3.32. The van der Waals surface area contributed by atoms with E-state index in [9.17, 15) is 0 Å². The van der Waals surface area contributed by atoms with Gasteiger partial charge in [0.2, 0.25) is 0 Å². The molecule has 0 aromatic rings. The molecule has 0 atom stereocenters. The summed E-state index contributed by atoms with van der Waals surface area (Å²) < 4.78 is 3.27. The summed E-state index contributed by atoms with van der Waals surface area (Å²) in [6.45, 7) is 0. The molecule has 7 heavy (non-hydrogen) atoms. The van der Waals surface area contributed by atoms with Gasteiger partial charge in [-0.05, 0) is 0 Å². The number of nitriles is 1. The van der Waals surface area contributed by atoms with Crippen LogP contribution in [0.15, 0.2) is 4.40 Å². The highest BCUT2D eigenvalue weighted by Gasteiger charge is 1.74. The van der Waals surface area contributed by atoms with Crippen LogP contribution in [0.25, 0.3) is 0 Å². The lowest BCUT2D eigenvalue weighted by Crippen LogP contribution is -2.21. The van der Waals surface area contributed by atoms with Crippen molar-refractivity contribution in [3.63, 3.8) is 0 Å². The van der Waals surface area contributed by atoms with Crippen LogP contribution in [-0.4, -0.2) is 5.96 Å². The third-order valence-electron chi connectivity index (χ3n) is 0.192. The van der Waals surface area contributed by atoms with Crippen molar-refractivity contribution >= 4 is 17.9 Å². The molecule has 4 nitrogen and oxygen atoms in total. The van der Waals surface area contributed by atoms with Crippen LogP contribution < -0.4 is 11.5 Å². The Morgan fingerprint density at radius 1 is 1.71 bits per heavy atom. The van der Waals surface area contributed by atoms with Gasteiger partial charge in [0, 0.05) is 0 Å². The van der Waals surface area contributed by atoms with E-state index in [0.717, 1.165) is 0 Å². The average Bonchev–Trinajstić information content (AvgIpc) is 1.61. The third-order valence-corrected chi connectivity index (χ3v) is 0.576. The first-order chi connectivity index (χ1) is 3.27. The Labute approximate surface area is 45.3 Å². The molecule has 0 bridgehead atoms. The van der Waals surface area contributed by atoms with E-state index in [1.54, 1.807) is 5.40 Å². The second-order valence-corrected chi connectivity index (χ2v) is 1.25. The molecule has 0 rings (SSSR count). The molecule has 0 saturated heterocycles. The second-order valence-electron chi connectivity index (χ2n) is 0.699. The zero-order valence-corrected chi connectivity index (χ0v) is 4.27. The van der Waals surface area contributed by atoms with E-state index in [1.165, 1.54) is 0 Å². The third kappa shape index (κ3) is 5.11. The Bertz CT molecular complexity index is 107. The smallest absolute Gasteiger partial charge is 0.198 e. The van der Waals surface area contributed by atoms with Gasteiger partial charge in [-0.2, -0.15) is 9.66 Å². The summed E-state index contributed by atoms with van der Waals surface area (Å²) in [5, 5.41) is 9.48. The van der Waals surface area contributed by atoms with Gasteiger partial charge in [-0.1, -0.05) is 0 Å². The van der Waals surface area contributed by atoms with Crippen molar-refractivity contribution in [1.29, 1.82) is 5.26 Å². The molecule has 0 aliphatic heterocycles.